The molecule has 5 heterocycles. The van der Waals surface area contributed by atoms with E-state index in [0.29, 0.717) is 44.6 Å². The Kier molecular flexibility index (Phi) is 7.13. The fourth-order valence-corrected chi connectivity index (χ4v) is 5.33. The molecule has 1 amide bonds. The molecule has 0 aliphatic heterocycles. The Morgan fingerprint density at radius 3 is 2.60 bits per heavy atom. The molecule has 0 aliphatic rings. The molecule has 218 valence electrons. The van der Waals surface area contributed by atoms with Gasteiger partial charge in [0, 0.05) is 36.2 Å². The van der Waals surface area contributed by atoms with Crippen molar-refractivity contribution >= 4 is 43.4 Å². The van der Waals surface area contributed by atoms with E-state index in [-0.39, 0.29) is 47.1 Å². The van der Waals surface area contributed by atoms with Gasteiger partial charge in [-0.2, -0.15) is 5.10 Å². The Bertz CT molecular complexity index is 2140. The van der Waals surface area contributed by atoms with Gasteiger partial charge in [0.1, 0.15) is 32.6 Å². The van der Waals surface area contributed by atoms with Gasteiger partial charge >= 0.3 is 0 Å². The minimum absolute atomic E-state index is 0.00935. The second kappa shape index (κ2) is 10.9. The number of carbonyl (C=O) groups is 1. The first-order chi connectivity index (χ1) is 20.6. The number of benzene rings is 1. The molecular weight excluding hydrogens is 578 g/mol. The molecule has 1 aromatic carbocycles. The minimum Gasteiger partial charge on any atom is -0.336 e. The number of aryl methyl sites for hydroxylation is 1. The van der Waals surface area contributed by atoms with Crippen LogP contribution in [0.15, 0.2) is 55.1 Å². The number of H-pyrrole nitrogens is 2. The number of carbonyl (C=O) groups excluding carboxylic acids is 1. The van der Waals surface area contributed by atoms with Gasteiger partial charge < -0.3 is 10.3 Å². The first-order valence-electron chi connectivity index (χ1n) is 13.2. The van der Waals surface area contributed by atoms with Crippen LogP contribution in [0.5, 0.6) is 0 Å². The van der Waals surface area contributed by atoms with Crippen LogP contribution in [0.4, 0.5) is 14.5 Å². The predicted octanol–water partition coefficient (Wildman–Crippen LogP) is 4.84. The van der Waals surface area contributed by atoms with Crippen molar-refractivity contribution in [2.24, 2.45) is 0 Å². The zero-order chi connectivity index (χ0) is 30.3. The van der Waals surface area contributed by atoms with E-state index in [1.807, 2.05) is 0 Å². The number of amides is 1. The minimum atomic E-state index is -3.24. The number of pyridine rings is 3. The van der Waals surface area contributed by atoms with Crippen LogP contribution in [0.3, 0.4) is 0 Å². The molecule has 3 N–H and O–H groups in total. The smallest absolute Gasteiger partial charge is 0.224 e. The molecule has 5 aromatic heterocycles. The highest BCUT2D eigenvalue weighted by molar-refractivity contribution is 7.90. The fourth-order valence-electron chi connectivity index (χ4n) is 4.73. The third-order valence-corrected chi connectivity index (χ3v) is 7.72. The van der Waals surface area contributed by atoms with Crippen LogP contribution in [-0.2, 0) is 21.1 Å². The van der Waals surface area contributed by atoms with Crippen molar-refractivity contribution in [1.82, 2.24) is 35.1 Å². The van der Waals surface area contributed by atoms with E-state index in [1.165, 1.54) is 36.9 Å². The van der Waals surface area contributed by atoms with Crippen molar-refractivity contribution in [2.75, 3.05) is 17.3 Å². The summed E-state index contributed by atoms with van der Waals surface area (Å²) in [5.74, 6) is -1.29. The number of anilines is 1. The van der Waals surface area contributed by atoms with Gasteiger partial charge in [0.05, 0.1) is 45.9 Å². The average Bonchev–Trinajstić information content (AvgIpc) is 3.60. The van der Waals surface area contributed by atoms with Gasteiger partial charge in [0.15, 0.2) is 11.6 Å². The van der Waals surface area contributed by atoms with Crippen molar-refractivity contribution in [3.05, 3.63) is 72.3 Å². The molecule has 0 saturated carbocycles. The van der Waals surface area contributed by atoms with Gasteiger partial charge in [-0.05, 0) is 42.3 Å². The number of halogens is 2. The Morgan fingerprint density at radius 2 is 1.81 bits per heavy atom. The largest absolute Gasteiger partial charge is 0.336 e. The molecule has 0 spiro atoms. The number of hydrogen-bond donors (Lipinski definition) is 3. The molecule has 0 fully saturated rings. The lowest BCUT2D eigenvalue weighted by Gasteiger charge is -2.07. The van der Waals surface area contributed by atoms with E-state index < -0.39 is 21.5 Å². The Labute approximate surface area is 243 Å². The lowest BCUT2D eigenvalue weighted by atomic mass is 10.0. The highest BCUT2D eigenvalue weighted by Crippen LogP contribution is 2.34. The number of fused-ring (bicyclic) bond motifs is 2. The molecule has 6 aromatic rings. The number of aromatic nitrogens is 7. The molecule has 43 heavy (non-hydrogen) atoms. The first kappa shape index (κ1) is 28.0. The fraction of sp³-hybridized carbons (Fsp3) is 0.172. The molecule has 6 rings (SSSR count). The third kappa shape index (κ3) is 5.68. The summed E-state index contributed by atoms with van der Waals surface area (Å²) in [5, 5.41) is 9.92. The quantitative estimate of drug-likeness (QED) is 0.223. The number of sulfone groups is 1. The molecule has 0 bridgehead atoms. The second-order valence-electron chi connectivity index (χ2n) is 10.0. The summed E-state index contributed by atoms with van der Waals surface area (Å²) >= 11 is 0. The standard InChI is InChI=1S/C29H24F2N8O3S/c1-3-22(40)35-19-11-17(12-32-13-19)25-24(31)23-21(14-34-25)38-39-28(23)29-36-20-4-6-33-26(27(20)37-29)16-8-15(9-18(30)10-16)5-7-43(2,41)42/h4,6,8-14H,3,5,7H2,1-2H3,(H,35,40)(H,36,37)(H,38,39). The van der Waals surface area contributed by atoms with Gasteiger partial charge in [-0.3, -0.25) is 24.8 Å². The van der Waals surface area contributed by atoms with Gasteiger partial charge in [-0.1, -0.05) is 6.92 Å². The SMILES string of the molecule is CCC(=O)Nc1cncc(-c2ncc3[nH]nc(-c4nc5c(-c6cc(F)cc(CCS(C)(=O)=O)c6)nccc5[nH]4)c3c2F)c1. The third-order valence-electron chi connectivity index (χ3n) is 6.78. The predicted molar refractivity (Wildman–Crippen MR) is 158 cm³/mol. The number of rotatable bonds is 8. The normalized spacial score (nSPS) is 11.8. The number of aromatic amines is 2. The van der Waals surface area contributed by atoms with Crippen molar-refractivity contribution in [3.63, 3.8) is 0 Å². The highest BCUT2D eigenvalue weighted by Gasteiger charge is 2.22. The average molecular weight is 603 g/mol. The Morgan fingerprint density at radius 1 is 0.977 bits per heavy atom. The summed E-state index contributed by atoms with van der Waals surface area (Å²) in [4.78, 5) is 32.4. The summed E-state index contributed by atoms with van der Waals surface area (Å²) in [6.07, 6.45) is 7.43. The van der Waals surface area contributed by atoms with Crippen LogP contribution in [0, 0.1) is 11.6 Å². The van der Waals surface area contributed by atoms with E-state index in [4.69, 9.17) is 0 Å². The van der Waals surface area contributed by atoms with Gasteiger partial charge in [0.2, 0.25) is 5.91 Å². The summed E-state index contributed by atoms with van der Waals surface area (Å²) in [6.45, 7) is 1.72. The van der Waals surface area contributed by atoms with Crippen LogP contribution in [0.25, 0.3) is 56.0 Å². The molecule has 11 nitrogen and oxygen atoms in total. The van der Waals surface area contributed by atoms with Gasteiger partial charge in [-0.25, -0.2) is 22.2 Å². The molecule has 0 aliphatic carbocycles. The Hall–Kier alpha value is -5.11. The molecular formula is C29H24F2N8O3S. The van der Waals surface area contributed by atoms with Crippen LogP contribution in [0.1, 0.15) is 18.9 Å². The van der Waals surface area contributed by atoms with Crippen LogP contribution in [0.2, 0.25) is 0 Å². The lowest BCUT2D eigenvalue weighted by Crippen LogP contribution is -2.09. The summed E-state index contributed by atoms with van der Waals surface area (Å²) in [6, 6.07) is 7.53. The maximum atomic E-state index is 16.1. The molecule has 0 unspecified atom stereocenters. The maximum absolute atomic E-state index is 16.1. The topological polar surface area (TPSA) is 159 Å². The second-order valence-corrected chi connectivity index (χ2v) is 12.3. The zero-order valence-electron chi connectivity index (χ0n) is 22.9. The van der Waals surface area contributed by atoms with E-state index in [2.05, 4.69) is 40.4 Å². The van der Waals surface area contributed by atoms with Crippen molar-refractivity contribution in [2.45, 2.75) is 19.8 Å². The molecule has 0 atom stereocenters. The first-order valence-corrected chi connectivity index (χ1v) is 15.3. The highest BCUT2D eigenvalue weighted by atomic mass is 32.2. The van der Waals surface area contributed by atoms with E-state index in [9.17, 15) is 17.6 Å². The number of hydrogen-bond acceptors (Lipinski definition) is 8. The summed E-state index contributed by atoms with van der Waals surface area (Å²) in [5.41, 5.74) is 3.52. The number of nitrogens with one attached hydrogen (secondary N) is 3. The van der Waals surface area contributed by atoms with E-state index in [0.717, 1.165) is 6.26 Å². The number of nitrogens with zero attached hydrogens (tertiary/aromatic N) is 5. The van der Waals surface area contributed by atoms with Crippen molar-refractivity contribution in [1.29, 1.82) is 0 Å². The van der Waals surface area contributed by atoms with Crippen molar-refractivity contribution in [3.8, 4) is 34.0 Å². The van der Waals surface area contributed by atoms with Crippen LogP contribution < -0.4 is 5.32 Å². The van der Waals surface area contributed by atoms with Crippen LogP contribution >= 0.6 is 0 Å². The monoisotopic (exact) mass is 602 g/mol. The molecule has 0 radical (unpaired) electrons. The van der Waals surface area contributed by atoms with Gasteiger partial charge in [0.25, 0.3) is 0 Å². The number of imidazole rings is 1. The lowest BCUT2D eigenvalue weighted by molar-refractivity contribution is -0.115. The summed E-state index contributed by atoms with van der Waals surface area (Å²) < 4.78 is 53.9. The van der Waals surface area contributed by atoms with E-state index in [1.54, 1.807) is 25.1 Å². The van der Waals surface area contributed by atoms with E-state index >= 15 is 4.39 Å². The summed E-state index contributed by atoms with van der Waals surface area (Å²) in [7, 11) is -3.24. The molecule has 14 heteroatoms. The maximum Gasteiger partial charge on any atom is 0.224 e. The zero-order valence-corrected chi connectivity index (χ0v) is 23.8. The molecule has 0 saturated heterocycles. The van der Waals surface area contributed by atoms with Gasteiger partial charge in [-0.15, -0.1) is 0 Å². The van der Waals surface area contributed by atoms with Crippen LogP contribution in [-0.4, -0.2) is 61.5 Å². The van der Waals surface area contributed by atoms with Crippen molar-refractivity contribution < 1.29 is 22.0 Å². The Balaban J connectivity index is 1.42.